The first-order valence-corrected chi connectivity index (χ1v) is 9.33. The minimum absolute atomic E-state index is 0.171. The zero-order chi connectivity index (χ0) is 20.8. The third-order valence-corrected chi connectivity index (χ3v) is 5.43. The Hall–Kier alpha value is -2.87. The second-order valence-electron chi connectivity index (χ2n) is 6.76. The molecule has 2 heterocycles. The van der Waals surface area contributed by atoms with Gasteiger partial charge in [0, 0.05) is 13.0 Å². The molecule has 0 saturated heterocycles. The molecule has 4 rings (SSSR count). The lowest BCUT2D eigenvalue weighted by Crippen LogP contribution is -2.40. The molecule has 9 heteroatoms. The van der Waals surface area contributed by atoms with Crippen molar-refractivity contribution in [2.24, 2.45) is 0 Å². The van der Waals surface area contributed by atoms with Gasteiger partial charge in [0.2, 0.25) is 0 Å². The van der Waals surface area contributed by atoms with Crippen molar-refractivity contribution in [2.75, 3.05) is 6.54 Å². The molecule has 0 spiro atoms. The third kappa shape index (κ3) is 3.37. The Morgan fingerprint density at radius 3 is 2.55 bits per heavy atom. The number of hydrogen-bond donors (Lipinski definition) is 0. The molecule has 0 radical (unpaired) electrons. The summed E-state index contributed by atoms with van der Waals surface area (Å²) < 4.78 is 41.2. The number of alkyl halides is 3. The molecule has 1 unspecified atom stereocenters. The van der Waals surface area contributed by atoms with Crippen LogP contribution in [0.2, 0.25) is 5.02 Å². The summed E-state index contributed by atoms with van der Waals surface area (Å²) in [5.74, 6) is -0.555. The molecule has 0 saturated carbocycles. The first-order chi connectivity index (χ1) is 13.8. The smallest absolute Gasteiger partial charge is 0.330 e. The van der Waals surface area contributed by atoms with E-state index in [9.17, 15) is 18.0 Å². The average Bonchev–Trinajstić information content (AvgIpc) is 3.13. The minimum atomic E-state index is -4.64. The van der Waals surface area contributed by atoms with Crippen LogP contribution in [-0.4, -0.2) is 32.3 Å². The van der Waals surface area contributed by atoms with Gasteiger partial charge in [-0.05, 0) is 31.2 Å². The van der Waals surface area contributed by atoms with Gasteiger partial charge >= 0.3 is 6.18 Å². The van der Waals surface area contributed by atoms with Crippen molar-refractivity contribution >= 4 is 17.5 Å². The molecular formula is C20H16ClF3N4O. The summed E-state index contributed by atoms with van der Waals surface area (Å²) in [5, 5.41) is 7.83. The summed E-state index contributed by atoms with van der Waals surface area (Å²) in [6.07, 6.45) is -4.18. The van der Waals surface area contributed by atoms with Crippen LogP contribution in [0, 0.1) is 0 Å². The van der Waals surface area contributed by atoms with E-state index in [0.717, 1.165) is 23.1 Å². The van der Waals surface area contributed by atoms with E-state index in [0.29, 0.717) is 13.0 Å². The number of benzene rings is 2. The van der Waals surface area contributed by atoms with Crippen LogP contribution in [0.1, 0.15) is 40.3 Å². The van der Waals surface area contributed by atoms with Crippen LogP contribution in [0.5, 0.6) is 0 Å². The fraction of sp³-hybridized carbons (Fsp3) is 0.250. The molecule has 150 valence electrons. The van der Waals surface area contributed by atoms with Gasteiger partial charge in [0.25, 0.3) is 5.91 Å². The highest BCUT2D eigenvalue weighted by atomic mass is 35.5. The zero-order valence-corrected chi connectivity index (χ0v) is 16.1. The number of carbonyl (C=O) groups excluding carboxylic acids is 1. The number of fused-ring (bicyclic) bond motifs is 1. The molecule has 5 nitrogen and oxygen atoms in total. The van der Waals surface area contributed by atoms with Crippen LogP contribution in [0.3, 0.4) is 0 Å². The van der Waals surface area contributed by atoms with Gasteiger partial charge in [-0.1, -0.05) is 41.1 Å². The van der Waals surface area contributed by atoms with E-state index >= 15 is 0 Å². The molecule has 1 aromatic heterocycles. The van der Waals surface area contributed by atoms with Crippen molar-refractivity contribution < 1.29 is 18.0 Å². The van der Waals surface area contributed by atoms with E-state index in [1.54, 1.807) is 11.6 Å². The maximum atomic E-state index is 13.2. The van der Waals surface area contributed by atoms with Crippen LogP contribution >= 0.6 is 11.6 Å². The van der Waals surface area contributed by atoms with Gasteiger partial charge in [-0.15, -0.1) is 5.10 Å². The van der Waals surface area contributed by atoms with E-state index in [2.05, 4.69) is 10.3 Å². The first-order valence-electron chi connectivity index (χ1n) is 8.95. The maximum Gasteiger partial charge on any atom is 0.417 e. The van der Waals surface area contributed by atoms with Crippen molar-refractivity contribution in [1.82, 2.24) is 19.9 Å². The van der Waals surface area contributed by atoms with Gasteiger partial charge in [0.15, 0.2) is 0 Å². The molecule has 1 aliphatic rings. The highest BCUT2D eigenvalue weighted by Crippen LogP contribution is 2.38. The summed E-state index contributed by atoms with van der Waals surface area (Å²) in [6.45, 7) is 2.12. The SMILES string of the molecule is CC1c2c(nnn2-c2ccccc2)CCN1C(=O)c1cccc(C(F)(F)F)c1Cl. The van der Waals surface area contributed by atoms with Crippen LogP contribution in [0.25, 0.3) is 5.69 Å². The molecule has 0 bridgehead atoms. The lowest BCUT2D eigenvalue weighted by Gasteiger charge is -2.33. The average molecular weight is 421 g/mol. The Balaban J connectivity index is 1.71. The Kier molecular flexibility index (Phi) is 4.82. The predicted octanol–water partition coefficient (Wildman–Crippen LogP) is 4.70. The van der Waals surface area contributed by atoms with E-state index < -0.39 is 28.7 Å². The van der Waals surface area contributed by atoms with E-state index in [-0.39, 0.29) is 5.56 Å². The van der Waals surface area contributed by atoms with Gasteiger partial charge in [0.05, 0.1) is 39.3 Å². The molecule has 1 atom stereocenters. The van der Waals surface area contributed by atoms with Crippen molar-refractivity contribution in [2.45, 2.75) is 25.6 Å². The standard InChI is InChI=1S/C20H16ClF3N4O/c1-12-18-16(25-26-28(18)13-6-3-2-4-7-13)10-11-27(12)19(29)14-8-5-9-15(17(14)21)20(22,23)24/h2-9,12H,10-11H2,1H3. The zero-order valence-electron chi connectivity index (χ0n) is 15.3. The first kappa shape index (κ1) is 19.4. The maximum absolute atomic E-state index is 13.2. The fourth-order valence-corrected chi connectivity index (χ4v) is 3.91. The number of nitrogens with zero attached hydrogens (tertiary/aromatic N) is 4. The van der Waals surface area contributed by atoms with E-state index in [1.165, 1.54) is 17.0 Å². The van der Waals surface area contributed by atoms with Crippen LogP contribution in [-0.2, 0) is 12.6 Å². The van der Waals surface area contributed by atoms with Gasteiger partial charge < -0.3 is 4.90 Å². The Bertz CT molecular complexity index is 1070. The number of hydrogen-bond acceptors (Lipinski definition) is 3. The van der Waals surface area contributed by atoms with Gasteiger partial charge in [-0.3, -0.25) is 4.79 Å². The normalized spacial score (nSPS) is 16.6. The highest BCUT2D eigenvalue weighted by molar-refractivity contribution is 6.34. The van der Waals surface area contributed by atoms with Crippen LogP contribution in [0.4, 0.5) is 13.2 Å². The van der Waals surface area contributed by atoms with Crippen molar-refractivity contribution in [1.29, 1.82) is 0 Å². The van der Waals surface area contributed by atoms with Crippen LogP contribution in [0.15, 0.2) is 48.5 Å². The summed E-state index contributed by atoms with van der Waals surface area (Å²) in [4.78, 5) is 14.6. The molecule has 0 aliphatic carbocycles. The fourth-order valence-electron chi connectivity index (χ4n) is 3.59. The number of aromatic nitrogens is 3. The second kappa shape index (κ2) is 7.18. The van der Waals surface area contributed by atoms with E-state index in [1.807, 2.05) is 30.3 Å². The Morgan fingerprint density at radius 2 is 1.86 bits per heavy atom. The summed E-state index contributed by atoms with van der Waals surface area (Å²) in [5.41, 5.74) is 1.10. The molecule has 1 amide bonds. The second-order valence-corrected chi connectivity index (χ2v) is 7.14. The van der Waals surface area contributed by atoms with Crippen molar-refractivity contribution in [3.8, 4) is 5.69 Å². The molecule has 3 aromatic rings. The van der Waals surface area contributed by atoms with Crippen LogP contribution < -0.4 is 0 Å². The van der Waals surface area contributed by atoms with Gasteiger partial charge in [-0.25, -0.2) is 4.68 Å². The highest BCUT2D eigenvalue weighted by Gasteiger charge is 2.37. The topological polar surface area (TPSA) is 51.0 Å². The quantitative estimate of drug-likeness (QED) is 0.604. The predicted molar refractivity (Wildman–Crippen MR) is 101 cm³/mol. The largest absolute Gasteiger partial charge is 0.417 e. The molecular weight excluding hydrogens is 405 g/mol. The molecule has 0 N–H and O–H groups in total. The Morgan fingerprint density at radius 1 is 1.14 bits per heavy atom. The molecule has 29 heavy (non-hydrogen) atoms. The summed E-state index contributed by atoms with van der Waals surface area (Å²) in [7, 11) is 0. The summed E-state index contributed by atoms with van der Waals surface area (Å²) in [6, 6.07) is 12.3. The number of carbonyl (C=O) groups is 1. The monoisotopic (exact) mass is 420 g/mol. The number of amides is 1. The Labute approximate surface area is 169 Å². The molecule has 0 fully saturated rings. The van der Waals surface area contributed by atoms with E-state index in [4.69, 9.17) is 11.6 Å². The lowest BCUT2D eigenvalue weighted by atomic mass is 10.0. The van der Waals surface area contributed by atoms with Crippen molar-refractivity contribution in [3.63, 3.8) is 0 Å². The minimum Gasteiger partial charge on any atom is -0.330 e. The number of para-hydroxylation sites is 1. The summed E-state index contributed by atoms with van der Waals surface area (Å²) >= 11 is 5.96. The van der Waals surface area contributed by atoms with Gasteiger partial charge in [0.1, 0.15) is 0 Å². The van der Waals surface area contributed by atoms with Crippen molar-refractivity contribution in [3.05, 3.63) is 76.1 Å². The molecule has 2 aromatic carbocycles. The third-order valence-electron chi connectivity index (χ3n) is 5.03. The van der Waals surface area contributed by atoms with Gasteiger partial charge in [-0.2, -0.15) is 13.2 Å². The molecule has 1 aliphatic heterocycles. The number of halogens is 4. The lowest BCUT2D eigenvalue weighted by molar-refractivity contribution is -0.137. The number of rotatable bonds is 2.